The van der Waals surface area contributed by atoms with E-state index in [0.29, 0.717) is 11.6 Å². The Balaban J connectivity index is 1.84. The van der Waals surface area contributed by atoms with Crippen LogP contribution in [0.25, 0.3) is 0 Å². The average molecular weight is 408 g/mol. The third kappa shape index (κ3) is 5.39. The van der Waals surface area contributed by atoms with E-state index in [-0.39, 0.29) is 5.41 Å². The van der Waals surface area contributed by atoms with Crippen LogP contribution in [-0.4, -0.2) is 12.8 Å². The van der Waals surface area contributed by atoms with Crippen molar-refractivity contribution in [3.63, 3.8) is 0 Å². The number of benzene rings is 3. The molecule has 0 aliphatic heterocycles. The van der Waals surface area contributed by atoms with Gasteiger partial charge in [0.2, 0.25) is 0 Å². The van der Waals surface area contributed by atoms with E-state index in [1.54, 1.807) is 7.11 Å². The lowest BCUT2D eigenvalue weighted by atomic mass is 9.87. The first-order chi connectivity index (χ1) is 13.9. The normalized spacial score (nSPS) is 12.0. The van der Waals surface area contributed by atoms with Gasteiger partial charge in [-0.15, -0.1) is 0 Å². The molecule has 0 fully saturated rings. The lowest BCUT2D eigenvalue weighted by molar-refractivity contribution is 0.214. The summed E-state index contributed by atoms with van der Waals surface area (Å²) in [4.78, 5) is 5.12. The highest BCUT2D eigenvalue weighted by molar-refractivity contribution is 6.30. The largest absolute Gasteiger partial charge is 0.489 e. The lowest BCUT2D eigenvalue weighted by Crippen LogP contribution is -2.11. The van der Waals surface area contributed by atoms with Gasteiger partial charge in [0, 0.05) is 16.1 Å². The zero-order valence-corrected chi connectivity index (χ0v) is 18.0. The van der Waals surface area contributed by atoms with Crippen molar-refractivity contribution in [1.82, 2.24) is 0 Å². The predicted molar refractivity (Wildman–Crippen MR) is 120 cm³/mol. The molecule has 0 atom stereocenters. The molecule has 0 saturated heterocycles. The molecule has 0 N–H and O–H groups in total. The first-order valence-electron chi connectivity index (χ1n) is 9.57. The maximum Gasteiger partial charge on any atom is 0.119 e. The van der Waals surface area contributed by atoms with Crippen LogP contribution in [0.15, 0.2) is 78.0 Å². The van der Waals surface area contributed by atoms with E-state index in [0.717, 1.165) is 28.2 Å². The average Bonchev–Trinajstić information content (AvgIpc) is 2.71. The van der Waals surface area contributed by atoms with Gasteiger partial charge in [0.25, 0.3) is 0 Å². The van der Waals surface area contributed by atoms with Crippen LogP contribution in [0.1, 0.15) is 43.0 Å². The third-order valence-corrected chi connectivity index (χ3v) is 4.94. The molecule has 0 heterocycles. The highest BCUT2D eigenvalue weighted by atomic mass is 35.5. The standard InChI is InChI=1S/C25H26ClNO2/c1-25(2,3)20-11-15-22(16-12-20)29-17-19-7-5-6-8-23(19)24(27-28-4)18-9-13-21(26)14-10-18/h5-16H,17H2,1-4H3/b27-24-. The van der Waals surface area contributed by atoms with Crippen molar-refractivity contribution >= 4 is 17.3 Å². The maximum absolute atomic E-state index is 6.07. The summed E-state index contributed by atoms with van der Waals surface area (Å²) in [6, 6.07) is 23.9. The molecule has 0 aliphatic carbocycles. The Morgan fingerprint density at radius 1 is 0.897 bits per heavy atom. The van der Waals surface area contributed by atoms with Crippen LogP contribution in [0, 0.1) is 0 Å². The van der Waals surface area contributed by atoms with Crippen molar-refractivity contribution < 1.29 is 9.57 Å². The molecule has 150 valence electrons. The molecule has 3 nitrogen and oxygen atoms in total. The highest BCUT2D eigenvalue weighted by Crippen LogP contribution is 2.25. The molecule has 29 heavy (non-hydrogen) atoms. The summed E-state index contributed by atoms with van der Waals surface area (Å²) in [7, 11) is 1.55. The Morgan fingerprint density at radius 3 is 2.17 bits per heavy atom. The fraction of sp³-hybridized carbons (Fsp3) is 0.240. The number of hydrogen-bond donors (Lipinski definition) is 0. The molecule has 3 rings (SSSR count). The Bertz CT molecular complexity index is 971. The molecule has 3 aromatic carbocycles. The minimum atomic E-state index is 0.120. The fourth-order valence-corrected chi connectivity index (χ4v) is 3.17. The smallest absolute Gasteiger partial charge is 0.119 e. The summed E-state index contributed by atoms with van der Waals surface area (Å²) in [5, 5.41) is 4.95. The van der Waals surface area contributed by atoms with E-state index >= 15 is 0 Å². The molecule has 0 radical (unpaired) electrons. The summed E-state index contributed by atoms with van der Waals surface area (Å²) in [5.74, 6) is 0.838. The van der Waals surface area contributed by atoms with E-state index in [2.05, 4.69) is 38.1 Å². The molecule has 4 heteroatoms. The van der Waals surface area contributed by atoms with Gasteiger partial charge >= 0.3 is 0 Å². The van der Waals surface area contributed by atoms with Crippen molar-refractivity contribution in [2.75, 3.05) is 7.11 Å². The molecule has 0 amide bonds. The zero-order valence-electron chi connectivity index (χ0n) is 17.3. The van der Waals surface area contributed by atoms with Crippen LogP contribution in [0.4, 0.5) is 0 Å². The summed E-state index contributed by atoms with van der Waals surface area (Å²) in [5.41, 5.74) is 5.06. The van der Waals surface area contributed by atoms with Gasteiger partial charge in [-0.2, -0.15) is 0 Å². The van der Waals surface area contributed by atoms with Crippen LogP contribution >= 0.6 is 11.6 Å². The summed E-state index contributed by atoms with van der Waals surface area (Å²) in [6.45, 7) is 7.03. The minimum absolute atomic E-state index is 0.120. The van der Waals surface area contributed by atoms with Crippen molar-refractivity contribution in [3.05, 3.63) is 100 Å². The maximum atomic E-state index is 6.07. The SMILES string of the molecule is CO/N=C(/c1ccc(Cl)cc1)c1ccccc1COc1ccc(C(C)(C)C)cc1. The van der Waals surface area contributed by atoms with Gasteiger partial charge in [-0.3, -0.25) is 0 Å². The lowest BCUT2D eigenvalue weighted by Gasteiger charge is -2.19. The molecule has 3 aromatic rings. The van der Waals surface area contributed by atoms with Gasteiger partial charge in [0.05, 0.1) is 0 Å². The quantitative estimate of drug-likeness (QED) is 0.339. The molecule has 0 saturated carbocycles. The number of rotatable bonds is 6. The molecule has 0 spiro atoms. The molecule has 0 aromatic heterocycles. The highest BCUT2D eigenvalue weighted by Gasteiger charge is 2.15. The molecular weight excluding hydrogens is 382 g/mol. The Morgan fingerprint density at radius 2 is 1.55 bits per heavy atom. The number of hydrogen-bond acceptors (Lipinski definition) is 3. The molecular formula is C25H26ClNO2. The first-order valence-corrected chi connectivity index (χ1v) is 9.95. The number of halogens is 1. The summed E-state index contributed by atoms with van der Waals surface area (Å²) < 4.78 is 6.07. The minimum Gasteiger partial charge on any atom is -0.489 e. The van der Waals surface area contributed by atoms with Crippen LogP contribution < -0.4 is 4.74 Å². The van der Waals surface area contributed by atoms with E-state index < -0.39 is 0 Å². The zero-order chi connectivity index (χ0) is 20.9. The van der Waals surface area contributed by atoms with Gasteiger partial charge in [-0.05, 0) is 40.8 Å². The monoisotopic (exact) mass is 407 g/mol. The van der Waals surface area contributed by atoms with Crippen LogP contribution in [0.5, 0.6) is 5.75 Å². The van der Waals surface area contributed by atoms with Gasteiger partial charge in [0.15, 0.2) is 0 Å². The molecule has 0 bridgehead atoms. The summed E-state index contributed by atoms with van der Waals surface area (Å²) >= 11 is 6.04. The van der Waals surface area contributed by atoms with E-state index in [9.17, 15) is 0 Å². The van der Waals surface area contributed by atoms with Crippen LogP contribution in [0.3, 0.4) is 0 Å². The van der Waals surface area contributed by atoms with E-state index in [4.69, 9.17) is 21.2 Å². The fourth-order valence-electron chi connectivity index (χ4n) is 3.05. The first kappa shape index (κ1) is 20.9. The van der Waals surface area contributed by atoms with Gasteiger partial charge < -0.3 is 9.57 Å². The van der Waals surface area contributed by atoms with Gasteiger partial charge in [0.1, 0.15) is 25.2 Å². The number of oxime groups is 1. The second-order valence-electron chi connectivity index (χ2n) is 7.85. The topological polar surface area (TPSA) is 30.8 Å². The van der Waals surface area contributed by atoms with Gasteiger partial charge in [-0.25, -0.2) is 0 Å². The van der Waals surface area contributed by atoms with Crippen LogP contribution in [-0.2, 0) is 16.9 Å². The Hall–Kier alpha value is -2.78. The van der Waals surface area contributed by atoms with Crippen molar-refractivity contribution in [1.29, 1.82) is 0 Å². The number of nitrogens with zero attached hydrogens (tertiary/aromatic N) is 1. The van der Waals surface area contributed by atoms with Crippen molar-refractivity contribution in [2.45, 2.75) is 32.8 Å². The van der Waals surface area contributed by atoms with Gasteiger partial charge in [-0.1, -0.05) is 86.1 Å². The van der Waals surface area contributed by atoms with E-state index in [1.165, 1.54) is 5.56 Å². The van der Waals surface area contributed by atoms with Crippen molar-refractivity contribution in [3.8, 4) is 5.75 Å². The molecule has 0 unspecified atom stereocenters. The Kier molecular flexibility index (Phi) is 6.60. The summed E-state index contributed by atoms with van der Waals surface area (Å²) in [6.07, 6.45) is 0. The van der Waals surface area contributed by atoms with E-state index in [1.807, 2.05) is 60.7 Å². The van der Waals surface area contributed by atoms with Crippen LogP contribution in [0.2, 0.25) is 5.02 Å². The predicted octanol–water partition coefficient (Wildman–Crippen LogP) is 6.62. The third-order valence-electron chi connectivity index (χ3n) is 4.69. The molecule has 0 aliphatic rings. The number of ether oxygens (including phenoxy) is 1. The van der Waals surface area contributed by atoms with Crippen molar-refractivity contribution in [2.24, 2.45) is 5.16 Å². The second-order valence-corrected chi connectivity index (χ2v) is 8.29. The Labute approximate surface area is 177 Å². The second kappa shape index (κ2) is 9.15.